The summed E-state index contributed by atoms with van der Waals surface area (Å²) in [6.07, 6.45) is 2.51. The molecule has 0 amide bonds. The molecule has 0 aliphatic heterocycles. The van der Waals surface area contributed by atoms with Crippen LogP contribution in [-0.4, -0.2) is 36.2 Å². The topological polar surface area (TPSA) is 23.5 Å². The van der Waals surface area contributed by atoms with Crippen molar-refractivity contribution in [1.82, 2.24) is 4.90 Å². The molecule has 0 bridgehead atoms. The second kappa shape index (κ2) is 8.61. The van der Waals surface area contributed by atoms with Gasteiger partial charge in [0.05, 0.1) is 5.60 Å². The maximum absolute atomic E-state index is 13.2. The number of hydrogen-bond donors (Lipinski definition) is 1. The third kappa shape index (κ3) is 5.26. The van der Waals surface area contributed by atoms with Gasteiger partial charge in [0.1, 0.15) is 5.82 Å². The summed E-state index contributed by atoms with van der Waals surface area (Å²) in [4.78, 5) is 2.09. The van der Waals surface area contributed by atoms with Crippen molar-refractivity contribution in [2.24, 2.45) is 5.92 Å². The van der Waals surface area contributed by atoms with Crippen LogP contribution < -0.4 is 0 Å². The molecule has 2 atom stereocenters. The van der Waals surface area contributed by atoms with Crippen LogP contribution in [0.1, 0.15) is 30.5 Å². The van der Waals surface area contributed by atoms with Gasteiger partial charge in [-0.1, -0.05) is 55.0 Å². The Morgan fingerprint density at radius 1 is 1.19 bits per heavy atom. The molecule has 0 fully saturated rings. The van der Waals surface area contributed by atoms with E-state index >= 15 is 0 Å². The van der Waals surface area contributed by atoms with Gasteiger partial charge in [-0.05, 0) is 56.8 Å². The molecule has 2 aromatic rings. The lowest BCUT2D eigenvalue weighted by Gasteiger charge is -2.37. The van der Waals surface area contributed by atoms with E-state index in [4.69, 9.17) is 0 Å². The van der Waals surface area contributed by atoms with E-state index in [1.165, 1.54) is 17.7 Å². The molecule has 0 spiro atoms. The van der Waals surface area contributed by atoms with Crippen LogP contribution in [0.5, 0.6) is 0 Å². The van der Waals surface area contributed by atoms with Gasteiger partial charge >= 0.3 is 0 Å². The molecule has 0 heterocycles. The van der Waals surface area contributed by atoms with Crippen molar-refractivity contribution in [2.45, 2.75) is 32.8 Å². The normalized spacial score (nSPS) is 15.8. The minimum atomic E-state index is -0.980. The number of hydrogen-bond acceptors (Lipinski definition) is 2. The van der Waals surface area contributed by atoms with Crippen molar-refractivity contribution in [3.05, 3.63) is 76.6 Å². The Balaban J connectivity index is 2.39. The van der Waals surface area contributed by atoms with Crippen molar-refractivity contribution >= 4 is 6.08 Å². The standard InChI is InChI=1S/C23H30FNO/c1-17-7-6-8-21(13-17)15-23(26,19(3)16-25(4)5)18(2)14-20-9-11-22(24)12-10-20/h6-14,19,26H,15-16H2,1-5H3. The van der Waals surface area contributed by atoms with Gasteiger partial charge in [-0.2, -0.15) is 0 Å². The Morgan fingerprint density at radius 3 is 2.42 bits per heavy atom. The molecule has 0 radical (unpaired) electrons. The van der Waals surface area contributed by atoms with Crippen LogP contribution in [0, 0.1) is 18.7 Å². The van der Waals surface area contributed by atoms with E-state index in [1.54, 1.807) is 12.1 Å². The Bertz CT molecular complexity index is 751. The maximum atomic E-state index is 13.2. The molecule has 0 aliphatic carbocycles. The molecule has 1 N–H and O–H groups in total. The number of benzene rings is 2. The first kappa shape index (κ1) is 20.3. The Labute approximate surface area is 157 Å². The zero-order valence-electron chi connectivity index (χ0n) is 16.5. The average Bonchev–Trinajstić information content (AvgIpc) is 2.56. The molecule has 2 unspecified atom stereocenters. The number of rotatable bonds is 7. The van der Waals surface area contributed by atoms with Gasteiger partial charge in [-0.3, -0.25) is 0 Å². The fourth-order valence-electron chi connectivity index (χ4n) is 3.47. The quantitative estimate of drug-likeness (QED) is 0.777. The Hall–Kier alpha value is -1.97. The van der Waals surface area contributed by atoms with Gasteiger partial charge in [-0.15, -0.1) is 0 Å². The predicted molar refractivity (Wildman–Crippen MR) is 108 cm³/mol. The van der Waals surface area contributed by atoms with Crippen molar-refractivity contribution in [1.29, 1.82) is 0 Å². The Morgan fingerprint density at radius 2 is 1.85 bits per heavy atom. The predicted octanol–water partition coefficient (Wildman–Crippen LogP) is 4.71. The summed E-state index contributed by atoms with van der Waals surface area (Å²) in [7, 11) is 4.03. The highest BCUT2D eigenvalue weighted by Gasteiger charge is 2.36. The molecular formula is C23H30FNO. The van der Waals surface area contributed by atoms with Gasteiger partial charge in [0.15, 0.2) is 0 Å². The lowest BCUT2D eigenvalue weighted by molar-refractivity contribution is 0.0149. The van der Waals surface area contributed by atoms with E-state index in [0.717, 1.165) is 23.2 Å². The summed E-state index contributed by atoms with van der Waals surface area (Å²) in [5.41, 5.74) is 3.10. The van der Waals surface area contributed by atoms with Gasteiger partial charge in [-0.25, -0.2) is 4.39 Å². The first-order valence-corrected chi connectivity index (χ1v) is 9.07. The van der Waals surface area contributed by atoms with E-state index in [1.807, 2.05) is 33.2 Å². The summed E-state index contributed by atoms with van der Waals surface area (Å²) < 4.78 is 13.2. The third-order valence-corrected chi connectivity index (χ3v) is 4.95. The van der Waals surface area contributed by atoms with Crippen molar-refractivity contribution in [2.75, 3.05) is 20.6 Å². The van der Waals surface area contributed by atoms with Crippen LogP contribution in [-0.2, 0) is 6.42 Å². The molecule has 0 aliphatic rings. The third-order valence-electron chi connectivity index (χ3n) is 4.95. The fraction of sp³-hybridized carbons (Fsp3) is 0.391. The molecule has 26 heavy (non-hydrogen) atoms. The van der Waals surface area contributed by atoms with E-state index < -0.39 is 5.60 Å². The highest BCUT2D eigenvalue weighted by atomic mass is 19.1. The molecule has 2 aromatic carbocycles. The fourth-order valence-corrected chi connectivity index (χ4v) is 3.47. The van der Waals surface area contributed by atoms with Crippen LogP contribution in [0.3, 0.4) is 0 Å². The number of nitrogens with zero attached hydrogens (tertiary/aromatic N) is 1. The van der Waals surface area contributed by atoms with Gasteiger partial charge in [0.25, 0.3) is 0 Å². The van der Waals surface area contributed by atoms with E-state index in [2.05, 4.69) is 36.9 Å². The minimum Gasteiger partial charge on any atom is -0.385 e. The zero-order chi connectivity index (χ0) is 19.3. The van der Waals surface area contributed by atoms with E-state index in [9.17, 15) is 9.50 Å². The second-order valence-corrected chi connectivity index (χ2v) is 7.63. The van der Waals surface area contributed by atoms with Gasteiger partial charge < -0.3 is 10.0 Å². The summed E-state index contributed by atoms with van der Waals surface area (Å²) in [5.74, 6) is -0.217. The van der Waals surface area contributed by atoms with Crippen LogP contribution >= 0.6 is 0 Å². The lowest BCUT2D eigenvalue weighted by Crippen LogP contribution is -2.44. The van der Waals surface area contributed by atoms with Crippen LogP contribution in [0.25, 0.3) is 6.08 Å². The highest BCUT2D eigenvalue weighted by molar-refractivity contribution is 5.55. The van der Waals surface area contributed by atoms with Crippen molar-refractivity contribution in [3.8, 4) is 0 Å². The smallest absolute Gasteiger partial charge is 0.123 e. The molecule has 140 valence electrons. The Kier molecular flexibility index (Phi) is 6.74. The summed E-state index contributed by atoms with van der Waals surface area (Å²) in [6.45, 7) is 6.88. The van der Waals surface area contributed by atoms with Gasteiger partial charge in [0, 0.05) is 18.9 Å². The minimum absolute atomic E-state index is 0.0368. The number of aryl methyl sites for hydroxylation is 1. The number of aliphatic hydroxyl groups is 1. The largest absolute Gasteiger partial charge is 0.385 e. The molecule has 0 aromatic heterocycles. The second-order valence-electron chi connectivity index (χ2n) is 7.63. The SMILES string of the molecule is CC(=Cc1ccc(F)cc1)C(O)(Cc1cccc(C)c1)C(C)CN(C)C. The summed E-state index contributed by atoms with van der Waals surface area (Å²) >= 11 is 0. The summed E-state index contributed by atoms with van der Waals surface area (Å²) in [6, 6.07) is 14.6. The van der Waals surface area contributed by atoms with Crippen LogP contribution in [0.2, 0.25) is 0 Å². The molecular weight excluding hydrogens is 325 g/mol. The first-order chi connectivity index (χ1) is 12.2. The molecule has 2 nitrogen and oxygen atoms in total. The molecule has 3 heteroatoms. The first-order valence-electron chi connectivity index (χ1n) is 9.07. The average molecular weight is 355 g/mol. The number of halogens is 1. The molecule has 0 saturated carbocycles. The van der Waals surface area contributed by atoms with E-state index in [0.29, 0.717) is 6.42 Å². The van der Waals surface area contributed by atoms with Crippen molar-refractivity contribution < 1.29 is 9.50 Å². The summed E-state index contributed by atoms with van der Waals surface area (Å²) in [5, 5.41) is 11.7. The molecule has 2 rings (SSSR count). The maximum Gasteiger partial charge on any atom is 0.123 e. The molecule has 0 saturated heterocycles. The monoisotopic (exact) mass is 355 g/mol. The highest BCUT2D eigenvalue weighted by Crippen LogP contribution is 2.32. The van der Waals surface area contributed by atoms with Crippen LogP contribution in [0.4, 0.5) is 4.39 Å². The zero-order valence-corrected chi connectivity index (χ0v) is 16.5. The lowest BCUT2D eigenvalue weighted by atomic mass is 9.77. The van der Waals surface area contributed by atoms with Crippen molar-refractivity contribution in [3.63, 3.8) is 0 Å². The van der Waals surface area contributed by atoms with E-state index in [-0.39, 0.29) is 11.7 Å². The van der Waals surface area contributed by atoms with Crippen LogP contribution in [0.15, 0.2) is 54.1 Å². The van der Waals surface area contributed by atoms with Gasteiger partial charge in [0.2, 0.25) is 0 Å².